The summed E-state index contributed by atoms with van der Waals surface area (Å²) in [6.45, 7) is 6.77. The predicted octanol–water partition coefficient (Wildman–Crippen LogP) is 3.23. The van der Waals surface area contributed by atoms with Gasteiger partial charge < -0.3 is 15.4 Å². The summed E-state index contributed by atoms with van der Waals surface area (Å²) >= 11 is 0. The third-order valence-corrected chi connectivity index (χ3v) is 3.89. The van der Waals surface area contributed by atoms with Crippen LogP contribution < -0.4 is 10.6 Å². The average Bonchev–Trinajstić information content (AvgIpc) is 3.02. The Morgan fingerprint density at radius 3 is 2.38 bits per heavy atom. The largest absolute Gasteiger partial charge is 0.376 e. The van der Waals surface area contributed by atoms with Crippen LogP contribution >= 0.6 is 0 Å². The molecule has 1 fully saturated rings. The Morgan fingerprint density at radius 2 is 1.76 bits per heavy atom. The monoisotopic (exact) mass is 292 g/mol. The number of ether oxygens (including phenoxy) is 1. The van der Waals surface area contributed by atoms with Gasteiger partial charge in [-0.1, -0.05) is 26.7 Å². The summed E-state index contributed by atoms with van der Waals surface area (Å²) in [6.07, 6.45) is 9.18. The lowest BCUT2D eigenvalue weighted by atomic mass is 10.2. The zero-order valence-electron chi connectivity index (χ0n) is 13.3. The lowest BCUT2D eigenvalue weighted by Gasteiger charge is -2.15. The summed E-state index contributed by atoms with van der Waals surface area (Å²) < 4.78 is 5.87. The molecule has 1 heterocycles. The molecule has 118 valence electrons. The van der Waals surface area contributed by atoms with E-state index in [2.05, 4.69) is 34.4 Å². The molecule has 1 aliphatic rings. The lowest BCUT2D eigenvalue weighted by Crippen LogP contribution is -2.17. The van der Waals surface area contributed by atoms with E-state index in [1.54, 1.807) is 6.33 Å². The van der Waals surface area contributed by atoms with Gasteiger partial charge in [0.05, 0.1) is 12.7 Å². The van der Waals surface area contributed by atoms with Crippen LogP contribution in [0.4, 0.5) is 11.6 Å². The molecule has 0 radical (unpaired) electrons. The van der Waals surface area contributed by atoms with E-state index in [1.165, 1.54) is 25.7 Å². The Kier molecular flexibility index (Phi) is 6.73. The molecule has 1 aliphatic carbocycles. The number of hydrogen-bond acceptors (Lipinski definition) is 5. The average molecular weight is 292 g/mol. The summed E-state index contributed by atoms with van der Waals surface area (Å²) in [7, 11) is 0. The van der Waals surface area contributed by atoms with Crippen molar-refractivity contribution in [3.8, 4) is 0 Å². The number of nitrogens with zero attached hydrogens (tertiary/aromatic N) is 2. The molecule has 21 heavy (non-hydrogen) atoms. The highest BCUT2D eigenvalue weighted by molar-refractivity contribution is 5.57. The van der Waals surface area contributed by atoms with Gasteiger partial charge in [0.15, 0.2) is 0 Å². The van der Waals surface area contributed by atoms with Crippen molar-refractivity contribution in [3.63, 3.8) is 0 Å². The van der Waals surface area contributed by atoms with Crippen LogP contribution in [0.25, 0.3) is 0 Å². The molecule has 0 spiro atoms. The van der Waals surface area contributed by atoms with Crippen molar-refractivity contribution in [1.29, 1.82) is 0 Å². The summed E-state index contributed by atoms with van der Waals surface area (Å²) in [5, 5.41) is 6.76. The first-order valence-electron chi connectivity index (χ1n) is 8.28. The van der Waals surface area contributed by atoms with E-state index in [4.69, 9.17) is 4.74 Å². The first-order chi connectivity index (χ1) is 10.3. The molecule has 0 atom stereocenters. The molecular formula is C16H28N4O. The highest BCUT2D eigenvalue weighted by Gasteiger charge is 2.15. The van der Waals surface area contributed by atoms with Crippen LogP contribution in [0.2, 0.25) is 0 Å². The van der Waals surface area contributed by atoms with Gasteiger partial charge in [0.2, 0.25) is 0 Å². The number of aromatic nitrogens is 2. The van der Waals surface area contributed by atoms with Gasteiger partial charge in [-0.25, -0.2) is 9.97 Å². The molecule has 2 N–H and O–H groups in total. The second-order valence-electron chi connectivity index (χ2n) is 5.53. The molecular weight excluding hydrogens is 264 g/mol. The van der Waals surface area contributed by atoms with E-state index in [0.717, 1.165) is 49.7 Å². The van der Waals surface area contributed by atoms with Crippen molar-refractivity contribution in [2.75, 3.05) is 30.3 Å². The Balaban J connectivity index is 1.83. The van der Waals surface area contributed by atoms with Crippen molar-refractivity contribution in [1.82, 2.24) is 9.97 Å². The number of rotatable bonds is 9. The summed E-state index contributed by atoms with van der Waals surface area (Å²) in [5.41, 5.74) is 1.16. The van der Waals surface area contributed by atoms with Gasteiger partial charge >= 0.3 is 0 Å². The number of nitrogens with one attached hydrogen (secondary N) is 2. The van der Waals surface area contributed by atoms with Crippen LogP contribution in [-0.2, 0) is 11.2 Å². The second kappa shape index (κ2) is 8.82. The highest BCUT2D eigenvalue weighted by atomic mass is 16.5. The van der Waals surface area contributed by atoms with Crippen molar-refractivity contribution in [2.45, 2.75) is 58.5 Å². The lowest BCUT2D eigenvalue weighted by molar-refractivity contribution is 0.0658. The predicted molar refractivity (Wildman–Crippen MR) is 86.9 cm³/mol. The third kappa shape index (κ3) is 4.84. The van der Waals surface area contributed by atoms with Gasteiger partial charge in [0, 0.05) is 18.7 Å². The molecule has 1 aromatic heterocycles. The fourth-order valence-electron chi connectivity index (χ4n) is 2.75. The first-order valence-corrected chi connectivity index (χ1v) is 8.28. The van der Waals surface area contributed by atoms with Crippen molar-refractivity contribution < 1.29 is 4.74 Å². The zero-order valence-corrected chi connectivity index (χ0v) is 13.3. The van der Waals surface area contributed by atoms with E-state index in [-0.39, 0.29) is 0 Å². The zero-order chi connectivity index (χ0) is 14.9. The maximum absolute atomic E-state index is 5.87. The van der Waals surface area contributed by atoms with Gasteiger partial charge in [0.25, 0.3) is 0 Å². The van der Waals surface area contributed by atoms with Crippen molar-refractivity contribution >= 4 is 11.6 Å². The summed E-state index contributed by atoms with van der Waals surface area (Å²) in [4.78, 5) is 8.72. The molecule has 0 aromatic carbocycles. The summed E-state index contributed by atoms with van der Waals surface area (Å²) in [5.74, 6) is 1.88. The molecule has 1 saturated carbocycles. The van der Waals surface area contributed by atoms with Gasteiger partial charge in [-0.2, -0.15) is 0 Å². The minimum Gasteiger partial charge on any atom is -0.376 e. The highest BCUT2D eigenvalue weighted by Crippen LogP contribution is 2.22. The molecule has 5 nitrogen and oxygen atoms in total. The van der Waals surface area contributed by atoms with E-state index in [1.807, 2.05) is 0 Å². The molecule has 1 aromatic rings. The SMILES string of the molecule is CCCNc1ncnc(NCCOC2CCCC2)c1CC. The molecule has 0 bridgehead atoms. The van der Waals surface area contributed by atoms with E-state index in [0.29, 0.717) is 6.10 Å². The molecule has 0 amide bonds. The smallest absolute Gasteiger partial charge is 0.134 e. The molecule has 5 heteroatoms. The fourth-order valence-corrected chi connectivity index (χ4v) is 2.75. The van der Waals surface area contributed by atoms with E-state index < -0.39 is 0 Å². The second-order valence-corrected chi connectivity index (χ2v) is 5.53. The maximum Gasteiger partial charge on any atom is 0.134 e. The maximum atomic E-state index is 5.87. The Bertz CT molecular complexity index is 419. The van der Waals surface area contributed by atoms with Crippen molar-refractivity contribution in [2.24, 2.45) is 0 Å². The minimum atomic E-state index is 0.477. The minimum absolute atomic E-state index is 0.477. The van der Waals surface area contributed by atoms with Crippen LogP contribution in [0.5, 0.6) is 0 Å². The molecule has 2 rings (SSSR count). The fraction of sp³-hybridized carbons (Fsp3) is 0.750. The molecule has 0 aliphatic heterocycles. The van der Waals surface area contributed by atoms with Gasteiger partial charge in [-0.3, -0.25) is 0 Å². The quantitative estimate of drug-likeness (QED) is 0.684. The van der Waals surface area contributed by atoms with E-state index >= 15 is 0 Å². The van der Waals surface area contributed by atoms with Gasteiger partial charge in [-0.05, 0) is 25.7 Å². The van der Waals surface area contributed by atoms with Gasteiger partial charge in [-0.15, -0.1) is 0 Å². The topological polar surface area (TPSA) is 59.1 Å². The van der Waals surface area contributed by atoms with E-state index in [9.17, 15) is 0 Å². The summed E-state index contributed by atoms with van der Waals surface area (Å²) in [6, 6.07) is 0. The van der Waals surface area contributed by atoms with Crippen LogP contribution in [0.15, 0.2) is 6.33 Å². The Morgan fingerprint density at radius 1 is 1.10 bits per heavy atom. The standard InChI is InChI=1S/C16H28N4O/c1-3-9-17-15-14(4-2)16(20-12-19-15)18-10-11-21-13-7-5-6-8-13/h12-13H,3-11H2,1-2H3,(H2,17,18,19,20). The van der Waals surface area contributed by atoms with Crippen LogP contribution in [-0.4, -0.2) is 35.8 Å². The Labute approximate surface area is 127 Å². The Hall–Kier alpha value is -1.36. The first kappa shape index (κ1) is 16.0. The van der Waals surface area contributed by atoms with Gasteiger partial charge in [0.1, 0.15) is 18.0 Å². The third-order valence-electron chi connectivity index (χ3n) is 3.89. The molecule has 0 saturated heterocycles. The van der Waals surface area contributed by atoms with Crippen LogP contribution in [0.3, 0.4) is 0 Å². The number of hydrogen-bond donors (Lipinski definition) is 2. The van der Waals surface area contributed by atoms with Crippen molar-refractivity contribution in [3.05, 3.63) is 11.9 Å². The van der Waals surface area contributed by atoms with Crippen LogP contribution in [0.1, 0.15) is 51.5 Å². The molecule has 0 unspecified atom stereocenters. The van der Waals surface area contributed by atoms with Crippen LogP contribution in [0, 0.1) is 0 Å². The number of anilines is 2. The normalized spacial score (nSPS) is 15.3.